The number of hydrogen-bond acceptors (Lipinski definition) is 2. The average molecular weight is 302 g/mol. The molecule has 0 unspecified atom stereocenters. The summed E-state index contributed by atoms with van der Waals surface area (Å²) in [5.41, 5.74) is 3.65. The van der Waals surface area contributed by atoms with E-state index in [0.717, 1.165) is 25.4 Å². The number of urea groups is 1. The minimum absolute atomic E-state index is 0.0656. The first-order valence-electron chi connectivity index (χ1n) is 8.34. The molecule has 0 bridgehead atoms. The summed E-state index contributed by atoms with van der Waals surface area (Å²) in [4.78, 5) is 12.1. The van der Waals surface area contributed by atoms with Crippen molar-refractivity contribution in [3.63, 3.8) is 0 Å². The van der Waals surface area contributed by atoms with Crippen molar-refractivity contribution in [1.82, 2.24) is 10.6 Å². The highest BCUT2D eigenvalue weighted by Gasteiger charge is 2.36. The lowest BCUT2D eigenvalue weighted by Crippen LogP contribution is -2.46. The Morgan fingerprint density at radius 2 is 1.95 bits per heavy atom. The third-order valence-corrected chi connectivity index (χ3v) is 4.87. The minimum Gasteiger partial charge on any atom is -0.378 e. The highest BCUT2D eigenvalue weighted by atomic mass is 16.5. The van der Waals surface area contributed by atoms with Crippen LogP contribution in [0.3, 0.4) is 0 Å². The third-order valence-electron chi connectivity index (χ3n) is 4.87. The molecule has 4 nitrogen and oxygen atoms in total. The number of amides is 2. The van der Waals surface area contributed by atoms with Crippen molar-refractivity contribution in [3.05, 3.63) is 34.9 Å². The molecule has 4 heteroatoms. The topological polar surface area (TPSA) is 50.4 Å². The number of rotatable bonds is 4. The van der Waals surface area contributed by atoms with Crippen LogP contribution in [0.4, 0.5) is 4.79 Å². The number of carbonyl (C=O) groups is 1. The second-order valence-electron chi connectivity index (χ2n) is 6.67. The van der Waals surface area contributed by atoms with Crippen molar-refractivity contribution in [2.75, 3.05) is 6.61 Å². The molecule has 1 aliphatic carbocycles. The summed E-state index contributed by atoms with van der Waals surface area (Å²) in [6, 6.07) is 6.40. The van der Waals surface area contributed by atoms with Gasteiger partial charge in [0.25, 0.3) is 0 Å². The maximum absolute atomic E-state index is 12.1. The zero-order valence-electron chi connectivity index (χ0n) is 13.5. The number of carbonyl (C=O) groups excluding carboxylic acids is 1. The lowest BCUT2D eigenvalue weighted by molar-refractivity contribution is -0.00914. The van der Waals surface area contributed by atoms with Gasteiger partial charge in [-0.05, 0) is 62.1 Å². The van der Waals surface area contributed by atoms with Crippen LogP contribution in [0.5, 0.6) is 0 Å². The number of hydrogen-bond donors (Lipinski definition) is 2. The molecule has 1 saturated heterocycles. The summed E-state index contributed by atoms with van der Waals surface area (Å²) in [5, 5.41) is 6.11. The van der Waals surface area contributed by atoms with E-state index in [9.17, 15) is 4.79 Å². The Morgan fingerprint density at radius 1 is 1.23 bits per heavy atom. The largest absolute Gasteiger partial charge is 0.378 e. The molecular weight excluding hydrogens is 276 g/mol. The Balaban J connectivity index is 1.48. The number of benzene rings is 1. The van der Waals surface area contributed by atoms with E-state index in [1.54, 1.807) is 0 Å². The van der Waals surface area contributed by atoms with E-state index in [0.29, 0.717) is 12.6 Å². The van der Waals surface area contributed by atoms with E-state index in [1.165, 1.54) is 29.5 Å². The summed E-state index contributed by atoms with van der Waals surface area (Å²) in [6.45, 7) is 5.52. The fraction of sp³-hybridized carbons (Fsp3) is 0.611. The van der Waals surface area contributed by atoms with Crippen LogP contribution in [0.15, 0.2) is 18.2 Å². The Morgan fingerprint density at radius 3 is 2.64 bits per heavy atom. The monoisotopic (exact) mass is 302 g/mol. The van der Waals surface area contributed by atoms with Crippen LogP contribution >= 0.6 is 0 Å². The summed E-state index contributed by atoms with van der Waals surface area (Å²) in [7, 11) is 0. The first-order valence-corrected chi connectivity index (χ1v) is 8.34. The van der Waals surface area contributed by atoms with Gasteiger partial charge in [0, 0.05) is 19.2 Å². The van der Waals surface area contributed by atoms with E-state index < -0.39 is 0 Å². The van der Waals surface area contributed by atoms with Crippen LogP contribution in [0.25, 0.3) is 0 Å². The maximum atomic E-state index is 12.1. The van der Waals surface area contributed by atoms with Gasteiger partial charge in [-0.3, -0.25) is 0 Å². The predicted molar refractivity (Wildman–Crippen MR) is 86.8 cm³/mol. The molecule has 2 atom stereocenters. The normalized spacial score (nSPS) is 24.8. The first kappa shape index (κ1) is 15.3. The van der Waals surface area contributed by atoms with Crippen LogP contribution in [0, 0.1) is 19.8 Å². The number of nitrogens with one attached hydrogen (secondary N) is 2. The van der Waals surface area contributed by atoms with E-state index >= 15 is 0 Å². The molecule has 0 radical (unpaired) electrons. The van der Waals surface area contributed by atoms with E-state index in [2.05, 4.69) is 36.6 Å². The molecule has 0 aromatic heterocycles. The first-order chi connectivity index (χ1) is 10.6. The van der Waals surface area contributed by atoms with Crippen LogP contribution < -0.4 is 10.6 Å². The average Bonchev–Trinajstić information content (AvgIpc) is 3.31. The molecular formula is C18H26N2O2. The molecule has 2 amide bonds. The Bertz CT molecular complexity index is 520. The van der Waals surface area contributed by atoms with Crippen molar-refractivity contribution in [2.45, 2.75) is 58.2 Å². The molecule has 3 rings (SSSR count). The molecule has 1 aliphatic heterocycles. The highest BCUT2D eigenvalue weighted by Crippen LogP contribution is 2.38. The van der Waals surface area contributed by atoms with Gasteiger partial charge in [0.05, 0.1) is 6.10 Å². The summed E-state index contributed by atoms with van der Waals surface area (Å²) < 4.78 is 5.80. The fourth-order valence-electron chi connectivity index (χ4n) is 3.29. The molecule has 1 saturated carbocycles. The van der Waals surface area contributed by atoms with Crippen LogP contribution in [0.2, 0.25) is 0 Å². The zero-order valence-corrected chi connectivity index (χ0v) is 13.5. The lowest BCUT2D eigenvalue weighted by Gasteiger charge is -2.30. The highest BCUT2D eigenvalue weighted by molar-refractivity contribution is 5.74. The van der Waals surface area contributed by atoms with Gasteiger partial charge in [-0.1, -0.05) is 18.2 Å². The van der Waals surface area contributed by atoms with Crippen molar-refractivity contribution in [3.8, 4) is 0 Å². The van der Waals surface area contributed by atoms with Crippen molar-refractivity contribution in [2.24, 2.45) is 5.92 Å². The van der Waals surface area contributed by atoms with Crippen LogP contribution in [-0.4, -0.2) is 24.8 Å². The lowest BCUT2D eigenvalue weighted by atomic mass is 10.0. The van der Waals surface area contributed by atoms with Gasteiger partial charge < -0.3 is 15.4 Å². The van der Waals surface area contributed by atoms with E-state index in [1.807, 2.05) is 6.07 Å². The molecule has 22 heavy (non-hydrogen) atoms. The van der Waals surface area contributed by atoms with Gasteiger partial charge in [0.1, 0.15) is 0 Å². The number of ether oxygens (including phenoxy) is 1. The molecule has 120 valence electrons. The maximum Gasteiger partial charge on any atom is 0.315 e. The third kappa shape index (κ3) is 3.80. The standard InChI is InChI=1S/C18H26N2O2/c1-12-4-3-5-13(2)16(12)11-19-18(21)20-15-8-9-22-17(10-15)14-6-7-14/h3-5,14-15,17H,6-11H2,1-2H3,(H2,19,20,21)/t15-,17+/m1/s1. The van der Waals surface area contributed by atoms with Gasteiger partial charge >= 0.3 is 6.03 Å². The molecule has 1 heterocycles. The Hall–Kier alpha value is -1.55. The van der Waals surface area contributed by atoms with Crippen LogP contribution in [-0.2, 0) is 11.3 Å². The van der Waals surface area contributed by atoms with Gasteiger partial charge in [0.15, 0.2) is 0 Å². The minimum atomic E-state index is -0.0656. The Kier molecular flexibility index (Phi) is 4.67. The molecule has 2 N–H and O–H groups in total. The smallest absolute Gasteiger partial charge is 0.315 e. The second-order valence-corrected chi connectivity index (χ2v) is 6.67. The molecule has 2 aliphatic rings. The van der Waals surface area contributed by atoms with Gasteiger partial charge in [-0.15, -0.1) is 0 Å². The number of aryl methyl sites for hydroxylation is 2. The molecule has 2 fully saturated rings. The predicted octanol–water partition coefficient (Wildman–Crippen LogP) is 3.06. The second kappa shape index (κ2) is 6.69. The quantitative estimate of drug-likeness (QED) is 0.898. The fourth-order valence-corrected chi connectivity index (χ4v) is 3.29. The van der Waals surface area contributed by atoms with Crippen molar-refractivity contribution in [1.29, 1.82) is 0 Å². The van der Waals surface area contributed by atoms with Gasteiger partial charge in [-0.25, -0.2) is 4.79 Å². The zero-order chi connectivity index (χ0) is 15.5. The SMILES string of the molecule is Cc1cccc(C)c1CNC(=O)N[C@@H]1CCO[C@H](C2CC2)C1. The van der Waals surface area contributed by atoms with Gasteiger partial charge in [0.2, 0.25) is 0 Å². The molecule has 1 aromatic rings. The Labute approximate surface area is 132 Å². The van der Waals surface area contributed by atoms with Crippen molar-refractivity contribution < 1.29 is 9.53 Å². The summed E-state index contributed by atoms with van der Waals surface area (Å²) >= 11 is 0. The summed E-state index contributed by atoms with van der Waals surface area (Å²) in [5.74, 6) is 0.738. The molecule has 0 spiro atoms. The summed E-state index contributed by atoms with van der Waals surface area (Å²) in [6.07, 6.45) is 4.81. The van der Waals surface area contributed by atoms with Crippen molar-refractivity contribution >= 4 is 6.03 Å². The molecule has 1 aromatic carbocycles. The van der Waals surface area contributed by atoms with E-state index in [4.69, 9.17) is 4.74 Å². The van der Waals surface area contributed by atoms with E-state index in [-0.39, 0.29) is 12.1 Å². The van der Waals surface area contributed by atoms with Crippen LogP contribution in [0.1, 0.15) is 42.4 Å². The van der Waals surface area contributed by atoms with Gasteiger partial charge in [-0.2, -0.15) is 0 Å².